The SMILES string of the molecule is C=CCNC(=S)NCCc1ccc(Cl)cc1. The molecule has 0 bridgehead atoms. The lowest BCUT2D eigenvalue weighted by molar-refractivity contribution is 0.840. The molecule has 0 radical (unpaired) electrons. The molecule has 2 nitrogen and oxygen atoms in total. The van der Waals surface area contributed by atoms with E-state index in [2.05, 4.69) is 17.2 Å². The average Bonchev–Trinajstić information content (AvgIpc) is 2.29. The van der Waals surface area contributed by atoms with E-state index in [0.717, 1.165) is 18.0 Å². The third kappa shape index (κ3) is 5.14. The van der Waals surface area contributed by atoms with Crippen LogP contribution in [0.4, 0.5) is 0 Å². The van der Waals surface area contributed by atoms with Gasteiger partial charge in [0.05, 0.1) is 0 Å². The Morgan fingerprint density at radius 1 is 1.31 bits per heavy atom. The molecule has 0 unspecified atom stereocenters. The van der Waals surface area contributed by atoms with E-state index in [0.29, 0.717) is 11.7 Å². The molecule has 0 amide bonds. The highest BCUT2D eigenvalue weighted by atomic mass is 35.5. The van der Waals surface area contributed by atoms with Gasteiger partial charge >= 0.3 is 0 Å². The molecule has 16 heavy (non-hydrogen) atoms. The van der Waals surface area contributed by atoms with Gasteiger partial charge in [0.1, 0.15) is 0 Å². The summed E-state index contributed by atoms with van der Waals surface area (Å²) in [6, 6.07) is 7.82. The Hall–Kier alpha value is -1.06. The number of hydrogen-bond donors (Lipinski definition) is 2. The standard InChI is InChI=1S/C12H15ClN2S/c1-2-8-14-12(16)15-9-7-10-3-5-11(13)6-4-10/h2-6H,1,7-9H2,(H2,14,15,16). The fraction of sp³-hybridized carbons (Fsp3) is 0.250. The first-order valence-corrected chi connectivity index (χ1v) is 5.88. The highest BCUT2D eigenvalue weighted by molar-refractivity contribution is 7.80. The summed E-state index contributed by atoms with van der Waals surface area (Å²) in [6.45, 7) is 5.10. The van der Waals surface area contributed by atoms with Crippen LogP contribution in [0.25, 0.3) is 0 Å². The Balaban J connectivity index is 2.22. The summed E-state index contributed by atoms with van der Waals surface area (Å²) in [4.78, 5) is 0. The van der Waals surface area contributed by atoms with Crippen LogP contribution in [0.2, 0.25) is 5.02 Å². The Kier molecular flexibility index (Phi) is 5.90. The van der Waals surface area contributed by atoms with Crippen molar-refractivity contribution in [2.75, 3.05) is 13.1 Å². The maximum atomic E-state index is 5.80. The van der Waals surface area contributed by atoms with E-state index in [4.69, 9.17) is 23.8 Å². The van der Waals surface area contributed by atoms with Crippen molar-refractivity contribution in [3.05, 3.63) is 47.5 Å². The predicted octanol–water partition coefficient (Wildman–Crippen LogP) is 2.53. The van der Waals surface area contributed by atoms with Gasteiger partial charge in [-0.2, -0.15) is 0 Å². The molecule has 1 aromatic carbocycles. The molecule has 0 spiro atoms. The zero-order valence-electron chi connectivity index (χ0n) is 9.00. The molecule has 0 fully saturated rings. The molecule has 0 atom stereocenters. The summed E-state index contributed by atoms with van der Waals surface area (Å²) < 4.78 is 0. The van der Waals surface area contributed by atoms with Gasteiger partial charge in [-0.25, -0.2) is 0 Å². The smallest absolute Gasteiger partial charge is 0.166 e. The average molecular weight is 255 g/mol. The van der Waals surface area contributed by atoms with E-state index in [1.165, 1.54) is 5.56 Å². The van der Waals surface area contributed by atoms with E-state index < -0.39 is 0 Å². The van der Waals surface area contributed by atoms with Gasteiger partial charge in [-0.05, 0) is 36.3 Å². The molecule has 0 aliphatic carbocycles. The van der Waals surface area contributed by atoms with Crippen LogP contribution in [0, 0.1) is 0 Å². The van der Waals surface area contributed by atoms with E-state index in [9.17, 15) is 0 Å². The van der Waals surface area contributed by atoms with Gasteiger partial charge in [0, 0.05) is 18.1 Å². The van der Waals surface area contributed by atoms with Gasteiger partial charge in [-0.1, -0.05) is 29.8 Å². The Morgan fingerprint density at radius 2 is 2.00 bits per heavy atom. The van der Waals surface area contributed by atoms with Crippen molar-refractivity contribution in [1.29, 1.82) is 0 Å². The Labute approximate surface area is 107 Å². The number of thiocarbonyl (C=S) groups is 1. The quantitative estimate of drug-likeness (QED) is 0.624. The van der Waals surface area contributed by atoms with E-state index in [1.807, 2.05) is 24.3 Å². The summed E-state index contributed by atoms with van der Waals surface area (Å²) in [5.74, 6) is 0. The third-order valence-corrected chi connectivity index (χ3v) is 2.56. The number of hydrogen-bond acceptors (Lipinski definition) is 1. The molecule has 2 N–H and O–H groups in total. The fourth-order valence-corrected chi connectivity index (χ4v) is 1.51. The van der Waals surface area contributed by atoms with Crippen molar-refractivity contribution in [2.24, 2.45) is 0 Å². The summed E-state index contributed by atoms with van der Waals surface area (Å²) >= 11 is 10.9. The van der Waals surface area contributed by atoms with Gasteiger partial charge in [-0.3, -0.25) is 0 Å². The second-order valence-electron chi connectivity index (χ2n) is 3.30. The van der Waals surface area contributed by atoms with Crippen LogP contribution >= 0.6 is 23.8 Å². The van der Waals surface area contributed by atoms with Crippen molar-refractivity contribution >= 4 is 28.9 Å². The normalized spacial score (nSPS) is 9.56. The monoisotopic (exact) mass is 254 g/mol. The highest BCUT2D eigenvalue weighted by Gasteiger charge is 1.95. The number of rotatable bonds is 5. The Morgan fingerprint density at radius 3 is 2.62 bits per heavy atom. The van der Waals surface area contributed by atoms with E-state index in [1.54, 1.807) is 6.08 Å². The predicted molar refractivity (Wildman–Crippen MR) is 74.0 cm³/mol. The molecule has 0 aliphatic heterocycles. The maximum absolute atomic E-state index is 5.80. The molecule has 86 valence electrons. The summed E-state index contributed by atoms with van der Waals surface area (Å²) in [7, 11) is 0. The van der Waals surface area contributed by atoms with Crippen molar-refractivity contribution < 1.29 is 0 Å². The zero-order chi connectivity index (χ0) is 11.8. The molecule has 1 rings (SSSR count). The minimum atomic E-state index is 0.661. The molecule has 1 aromatic rings. The number of benzene rings is 1. The lowest BCUT2D eigenvalue weighted by Crippen LogP contribution is -2.36. The van der Waals surface area contributed by atoms with Gasteiger partial charge in [-0.15, -0.1) is 6.58 Å². The van der Waals surface area contributed by atoms with Crippen molar-refractivity contribution in [2.45, 2.75) is 6.42 Å². The molecular formula is C12H15ClN2S. The molecule has 0 heterocycles. The summed E-state index contributed by atoms with van der Waals surface area (Å²) in [5, 5.41) is 7.55. The van der Waals surface area contributed by atoms with Crippen molar-refractivity contribution in [1.82, 2.24) is 10.6 Å². The van der Waals surface area contributed by atoms with Crippen LogP contribution < -0.4 is 10.6 Å². The molecule has 0 aromatic heterocycles. The molecule has 0 aliphatic rings. The van der Waals surface area contributed by atoms with Crippen molar-refractivity contribution in [3.8, 4) is 0 Å². The third-order valence-electron chi connectivity index (χ3n) is 2.02. The van der Waals surface area contributed by atoms with Crippen LogP contribution in [0.15, 0.2) is 36.9 Å². The second-order valence-corrected chi connectivity index (χ2v) is 4.15. The first-order valence-electron chi connectivity index (χ1n) is 5.09. The van der Waals surface area contributed by atoms with Gasteiger partial charge in [0.25, 0.3) is 0 Å². The summed E-state index contributed by atoms with van der Waals surface area (Å²) in [5.41, 5.74) is 1.24. The molecular weight excluding hydrogens is 240 g/mol. The van der Waals surface area contributed by atoms with E-state index >= 15 is 0 Å². The fourth-order valence-electron chi connectivity index (χ4n) is 1.20. The van der Waals surface area contributed by atoms with Gasteiger partial charge in [0.15, 0.2) is 5.11 Å². The zero-order valence-corrected chi connectivity index (χ0v) is 10.6. The first-order chi connectivity index (χ1) is 7.72. The molecule has 4 heteroatoms. The minimum Gasteiger partial charge on any atom is -0.362 e. The van der Waals surface area contributed by atoms with E-state index in [-0.39, 0.29) is 0 Å². The van der Waals surface area contributed by atoms with Crippen LogP contribution in [0.5, 0.6) is 0 Å². The largest absolute Gasteiger partial charge is 0.362 e. The van der Waals surface area contributed by atoms with Gasteiger partial charge < -0.3 is 10.6 Å². The highest BCUT2D eigenvalue weighted by Crippen LogP contribution is 2.09. The Bertz CT molecular complexity index is 349. The lowest BCUT2D eigenvalue weighted by atomic mass is 10.1. The maximum Gasteiger partial charge on any atom is 0.166 e. The van der Waals surface area contributed by atoms with Crippen LogP contribution in [0.3, 0.4) is 0 Å². The second kappa shape index (κ2) is 7.25. The minimum absolute atomic E-state index is 0.661. The molecule has 0 saturated heterocycles. The van der Waals surface area contributed by atoms with Crippen LogP contribution in [-0.4, -0.2) is 18.2 Å². The van der Waals surface area contributed by atoms with Crippen LogP contribution in [-0.2, 0) is 6.42 Å². The van der Waals surface area contributed by atoms with Gasteiger partial charge in [0.2, 0.25) is 0 Å². The number of nitrogens with one attached hydrogen (secondary N) is 2. The van der Waals surface area contributed by atoms with Crippen molar-refractivity contribution in [3.63, 3.8) is 0 Å². The molecule has 0 saturated carbocycles. The topological polar surface area (TPSA) is 24.1 Å². The van der Waals surface area contributed by atoms with Crippen LogP contribution in [0.1, 0.15) is 5.56 Å². The number of halogens is 1. The summed E-state index contributed by atoms with van der Waals surface area (Å²) in [6.07, 6.45) is 2.69. The lowest BCUT2D eigenvalue weighted by Gasteiger charge is -2.08. The first kappa shape index (κ1) is 13.0.